The summed E-state index contributed by atoms with van der Waals surface area (Å²) >= 11 is 0. The lowest BCUT2D eigenvalue weighted by atomic mass is 10.5. The Morgan fingerprint density at radius 2 is 1.56 bits per heavy atom. The number of aliphatic hydroxyl groups is 1. The van der Waals surface area contributed by atoms with Crippen LogP contribution in [0.2, 0.25) is 0 Å². The number of hydrogen-bond acceptors (Lipinski definition) is 3. The molecule has 0 aromatic rings. The summed E-state index contributed by atoms with van der Waals surface area (Å²) in [5.41, 5.74) is 0. The predicted octanol–water partition coefficient (Wildman–Crippen LogP) is 0.232. The quantitative estimate of drug-likeness (QED) is 0.485. The third kappa shape index (κ3) is 14.0. The van der Waals surface area contributed by atoms with E-state index < -0.39 is 13.4 Å². The number of nitrogens with zero attached hydrogens (tertiary/aromatic N) is 1. The standard InChI is InChI=1S/C5H14NO4P.C4H10O/c1-6(2,3)4-5(7)11(8,9)10;1-3-5-4-2/h5,7H,4H2,1-3H3,(H-,8,9,10);3-4H2,1-2H3/p+1. The molecule has 3 N–H and O–H groups in total. The van der Waals surface area contributed by atoms with Crippen LogP contribution in [0.5, 0.6) is 0 Å². The van der Waals surface area contributed by atoms with Gasteiger partial charge in [0.25, 0.3) is 0 Å². The van der Waals surface area contributed by atoms with E-state index in [0.717, 1.165) is 13.2 Å². The van der Waals surface area contributed by atoms with Crippen LogP contribution in [0.1, 0.15) is 13.8 Å². The van der Waals surface area contributed by atoms with Crippen molar-refractivity contribution in [2.45, 2.75) is 19.7 Å². The Balaban J connectivity index is 0. The number of ether oxygens (including phenoxy) is 1. The molecule has 1 unspecified atom stereocenters. The number of aliphatic hydroxyl groups excluding tert-OH is 1. The van der Waals surface area contributed by atoms with Crippen molar-refractivity contribution in [1.82, 2.24) is 0 Å². The molecule has 0 bridgehead atoms. The molecule has 0 amide bonds. The Labute approximate surface area is 97.6 Å². The number of quaternary nitrogens is 1. The van der Waals surface area contributed by atoms with Crippen molar-refractivity contribution in [3.05, 3.63) is 0 Å². The van der Waals surface area contributed by atoms with Gasteiger partial charge in [0.1, 0.15) is 6.54 Å². The average Bonchev–Trinajstić information content (AvgIpc) is 2.01. The van der Waals surface area contributed by atoms with Crippen molar-refractivity contribution in [2.75, 3.05) is 40.9 Å². The summed E-state index contributed by atoms with van der Waals surface area (Å²) in [6.45, 7) is 5.71. The first kappa shape index (κ1) is 18.4. The summed E-state index contributed by atoms with van der Waals surface area (Å²) < 4.78 is 15.6. The summed E-state index contributed by atoms with van der Waals surface area (Å²) in [4.78, 5) is 17.0. The minimum Gasteiger partial charge on any atom is -0.382 e. The first-order chi connectivity index (χ1) is 7.04. The molecule has 100 valence electrons. The fourth-order valence-electron chi connectivity index (χ4n) is 0.800. The molecule has 0 aliphatic carbocycles. The highest BCUT2D eigenvalue weighted by atomic mass is 31.2. The zero-order valence-electron chi connectivity index (χ0n) is 10.8. The molecule has 16 heavy (non-hydrogen) atoms. The monoisotopic (exact) mass is 258 g/mol. The minimum atomic E-state index is -4.31. The van der Waals surface area contributed by atoms with E-state index >= 15 is 0 Å². The maximum Gasteiger partial charge on any atom is 0.359 e. The van der Waals surface area contributed by atoms with E-state index in [4.69, 9.17) is 19.6 Å². The molecule has 0 heterocycles. The molecule has 1 atom stereocenters. The Morgan fingerprint density at radius 3 is 1.62 bits per heavy atom. The number of likely N-dealkylation sites (N-methyl/N-ethyl adjacent to an activating group) is 1. The van der Waals surface area contributed by atoms with E-state index in [9.17, 15) is 4.57 Å². The lowest BCUT2D eigenvalue weighted by Gasteiger charge is -2.26. The second kappa shape index (κ2) is 8.17. The summed E-state index contributed by atoms with van der Waals surface area (Å²) in [5, 5.41) is 8.94. The van der Waals surface area contributed by atoms with Crippen molar-refractivity contribution in [1.29, 1.82) is 0 Å². The summed E-state index contributed by atoms with van der Waals surface area (Å²) in [5.74, 6) is -1.55. The van der Waals surface area contributed by atoms with Crippen molar-refractivity contribution in [3.63, 3.8) is 0 Å². The smallest absolute Gasteiger partial charge is 0.359 e. The van der Waals surface area contributed by atoms with Crippen LogP contribution in [-0.4, -0.2) is 66.1 Å². The van der Waals surface area contributed by atoms with Gasteiger partial charge in [0, 0.05) is 13.2 Å². The normalized spacial score (nSPS) is 14.0. The topological polar surface area (TPSA) is 87.0 Å². The van der Waals surface area contributed by atoms with Crippen LogP contribution < -0.4 is 0 Å². The molecular weight excluding hydrogens is 233 g/mol. The van der Waals surface area contributed by atoms with E-state index in [1.807, 2.05) is 13.8 Å². The molecule has 0 radical (unpaired) electrons. The van der Waals surface area contributed by atoms with Gasteiger partial charge in [0.2, 0.25) is 5.85 Å². The lowest BCUT2D eigenvalue weighted by molar-refractivity contribution is -0.872. The molecule has 6 nitrogen and oxygen atoms in total. The van der Waals surface area contributed by atoms with Crippen LogP contribution in [0.4, 0.5) is 0 Å². The van der Waals surface area contributed by atoms with Crippen LogP contribution in [-0.2, 0) is 9.30 Å². The first-order valence-electron chi connectivity index (χ1n) is 5.16. The zero-order valence-corrected chi connectivity index (χ0v) is 11.6. The molecule has 7 heteroatoms. The second-order valence-corrected chi connectivity index (χ2v) is 6.10. The highest BCUT2D eigenvalue weighted by Gasteiger charge is 2.31. The van der Waals surface area contributed by atoms with Gasteiger partial charge in [-0.05, 0) is 13.8 Å². The highest BCUT2D eigenvalue weighted by Crippen LogP contribution is 2.39. The van der Waals surface area contributed by atoms with Gasteiger partial charge in [-0.2, -0.15) is 0 Å². The summed E-state index contributed by atoms with van der Waals surface area (Å²) in [6, 6.07) is 0. The van der Waals surface area contributed by atoms with Gasteiger partial charge in [0.05, 0.1) is 21.1 Å². The molecule has 0 aliphatic rings. The molecule has 0 rings (SSSR count). The van der Waals surface area contributed by atoms with Crippen LogP contribution in [0, 0.1) is 0 Å². The Bertz CT molecular complexity index is 208. The SMILES string of the molecule is CCOCC.C[N+](C)(C)CC(O)P(=O)(O)O. The molecule has 0 aliphatic heterocycles. The van der Waals surface area contributed by atoms with Crippen molar-refractivity contribution >= 4 is 7.60 Å². The maximum absolute atomic E-state index is 10.4. The van der Waals surface area contributed by atoms with Gasteiger partial charge in [-0.3, -0.25) is 4.57 Å². The van der Waals surface area contributed by atoms with E-state index in [1.165, 1.54) is 0 Å². The van der Waals surface area contributed by atoms with Crippen LogP contribution >= 0.6 is 7.60 Å². The van der Waals surface area contributed by atoms with Crippen molar-refractivity contribution in [2.24, 2.45) is 0 Å². The highest BCUT2D eigenvalue weighted by molar-refractivity contribution is 7.52. The lowest BCUT2D eigenvalue weighted by Crippen LogP contribution is -2.41. The van der Waals surface area contributed by atoms with Crippen LogP contribution in [0.15, 0.2) is 0 Å². The molecular formula is C9H25NO5P+. The van der Waals surface area contributed by atoms with E-state index in [-0.39, 0.29) is 6.54 Å². The molecule has 0 spiro atoms. The summed E-state index contributed by atoms with van der Waals surface area (Å²) in [7, 11) is 0.933. The predicted molar refractivity (Wildman–Crippen MR) is 63.1 cm³/mol. The van der Waals surface area contributed by atoms with Gasteiger partial charge >= 0.3 is 7.60 Å². The number of rotatable bonds is 5. The number of hydrogen-bond donors (Lipinski definition) is 3. The molecule has 0 saturated heterocycles. The largest absolute Gasteiger partial charge is 0.382 e. The molecule has 0 aromatic carbocycles. The zero-order chi connectivity index (χ0) is 13.4. The Kier molecular flexibility index (Phi) is 9.39. The fourth-order valence-corrected chi connectivity index (χ4v) is 1.50. The van der Waals surface area contributed by atoms with E-state index in [2.05, 4.69) is 0 Å². The molecule has 0 saturated carbocycles. The van der Waals surface area contributed by atoms with Gasteiger partial charge in [-0.1, -0.05) is 0 Å². The van der Waals surface area contributed by atoms with Crippen LogP contribution in [0.25, 0.3) is 0 Å². The van der Waals surface area contributed by atoms with E-state index in [0.29, 0.717) is 4.48 Å². The van der Waals surface area contributed by atoms with Gasteiger partial charge < -0.3 is 24.1 Å². The van der Waals surface area contributed by atoms with Gasteiger partial charge in [-0.25, -0.2) is 0 Å². The molecule has 0 aromatic heterocycles. The fraction of sp³-hybridized carbons (Fsp3) is 1.00. The van der Waals surface area contributed by atoms with Crippen LogP contribution in [0.3, 0.4) is 0 Å². The molecule has 0 fully saturated rings. The maximum atomic E-state index is 10.4. The first-order valence-corrected chi connectivity index (χ1v) is 6.84. The van der Waals surface area contributed by atoms with Gasteiger partial charge in [-0.15, -0.1) is 0 Å². The van der Waals surface area contributed by atoms with Gasteiger partial charge in [0.15, 0.2) is 0 Å². The van der Waals surface area contributed by atoms with Crippen molar-refractivity contribution in [3.8, 4) is 0 Å². The summed E-state index contributed by atoms with van der Waals surface area (Å²) in [6.07, 6.45) is 0. The Hall–Kier alpha value is 0.0300. The third-order valence-electron chi connectivity index (χ3n) is 1.51. The van der Waals surface area contributed by atoms with E-state index in [1.54, 1.807) is 21.1 Å². The Morgan fingerprint density at radius 1 is 1.19 bits per heavy atom. The minimum absolute atomic E-state index is 0.0459. The van der Waals surface area contributed by atoms with Crippen molar-refractivity contribution < 1.29 is 28.7 Å². The average molecular weight is 258 g/mol. The third-order valence-corrected chi connectivity index (χ3v) is 2.45. The second-order valence-electron chi connectivity index (χ2n) is 4.32.